The number of benzene rings is 1. The first-order chi connectivity index (χ1) is 9.24. The Morgan fingerprint density at radius 3 is 2.75 bits per heavy atom. The molecule has 3 unspecified atom stereocenters. The molecule has 3 atom stereocenters. The van der Waals surface area contributed by atoms with Crippen molar-refractivity contribution in [2.24, 2.45) is 11.7 Å². The number of nitrogens with two attached hydrogens (primary N) is 1. The molecule has 3 N–H and O–H groups in total. The minimum Gasteiger partial charge on any atom is -0.349 e. The Balaban J connectivity index is 0.00000147. The van der Waals surface area contributed by atoms with E-state index in [9.17, 15) is 4.79 Å². The smallest absolute Gasteiger partial charge is 0.223 e. The van der Waals surface area contributed by atoms with Gasteiger partial charge in [-0.2, -0.15) is 0 Å². The van der Waals surface area contributed by atoms with Crippen molar-refractivity contribution in [1.82, 2.24) is 5.32 Å². The Morgan fingerprint density at radius 2 is 2.00 bits per heavy atom. The van der Waals surface area contributed by atoms with Crippen molar-refractivity contribution in [3.63, 3.8) is 0 Å². The Morgan fingerprint density at radius 1 is 1.20 bits per heavy atom. The van der Waals surface area contributed by atoms with Crippen molar-refractivity contribution in [3.8, 4) is 0 Å². The molecule has 0 spiro atoms. The van der Waals surface area contributed by atoms with E-state index in [0.717, 1.165) is 38.5 Å². The van der Waals surface area contributed by atoms with E-state index >= 15 is 0 Å². The summed E-state index contributed by atoms with van der Waals surface area (Å²) in [5.41, 5.74) is 8.59. The van der Waals surface area contributed by atoms with E-state index < -0.39 is 0 Å². The highest BCUT2D eigenvalue weighted by Crippen LogP contribution is 2.31. The van der Waals surface area contributed by atoms with E-state index in [2.05, 4.69) is 29.6 Å². The van der Waals surface area contributed by atoms with Crippen LogP contribution in [0, 0.1) is 5.92 Å². The molecule has 3 nitrogen and oxygen atoms in total. The molecule has 110 valence electrons. The summed E-state index contributed by atoms with van der Waals surface area (Å²) < 4.78 is 0. The molecule has 1 aromatic carbocycles. The van der Waals surface area contributed by atoms with Gasteiger partial charge < -0.3 is 11.1 Å². The summed E-state index contributed by atoms with van der Waals surface area (Å²) in [6, 6.07) is 8.90. The van der Waals surface area contributed by atoms with Gasteiger partial charge >= 0.3 is 0 Å². The molecule has 4 heteroatoms. The summed E-state index contributed by atoms with van der Waals surface area (Å²) in [4.78, 5) is 12.3. The Labute approximate surface area is 126 Å². The van der Waals surface area contributed by atoms with Gasteiger partial charge in [0.1, 0.15) is 0 Å². The van der Waals surface area contributed by atoms with Gasteiger partial charge in [0, 0.05) is 12.0 Å². The second-order valence-corrected chi connectivity index (χ2v) is 5.92. The van der Waals surface area contributed by atoms with Crippen LogP contribution < -0.4 is 11.1 Å². The molecule has 20 heavy (non-hydrogen) atoms. The summed E-state index contributed by atoms with van der Waals surface area (Å²) >= 11 is 0. The number of nitrogens with one attached hydrogen (secondary N) is 1. The van der Waals surface area contributed by atoms with Crippen LogP contribution in [-0.4, -0.2) is 11.9 Å². The molecule has 1 aromatic rings. The zero-order valence-corrected chi connectivity index (χ0v) is 12.5. The van der Waals surface area contributed by atoms with E-state index in [1.807, 2.05) is 0 Å². The fraction of sp³-hybridized carbons (Fsp3) is 0.562. The van der Waals surface area contributed by atoms with Crippen LogP contribution >= 0.6 is 12.4 Å². The number of hydrogen-bond acceptors (Lipinski definition) is 2. The molecule has 0 bridgehead atoms. The molecule has 0 aromatic heterocycles. The molecule has 3 rings (SSSR count). The van der Waals surface area contributed by atoms with Crippen LogP contribution in [0.15, 0.2) is 24.3 Å². The number of hydrogen-bond donors (Lipinski definition) is 2. The average molecular weight is 295 g/mol. The third-order valence-corrected chi connectivity index (χ3v) is 4.53. The van der Waals surface area contributed by atoms with Crippen LogP contribution in [0.3, 0.4) is 0 Å². The molecule has 2 aliphatic rings. The number of carbonyl (C=O) groups is 1. The van der Waals surface area contributed by atoms with Crippen molar-refractivity contribution < 1.29 is 4.79 Å². The summed E-state index contributed by atoms with van der Waals surface area (Å²) in [7, 11) is 0. The van der Waals surface area contributed by atoms with Crippen molar-refractivity contribution in [3.05, 3.63) is 35.4 Å². The van der Waals surface area contributed by atoms with Gasteiger partial charge in [0.15, 0.2) is 0 Å². The maximum Gasteiger partial charge on any atom is 0.223 e. The van der Waals surface area contributed by atoms with Crippen LogP contribution in [0.1, 0.15) is 49.3 Å². The van der Waals surface area contributed by atoms with Crippen LogP contribution in [-0.2, 0) is 11.2 Å². The van der Waals surface area contributed by atoms with Gasteiger partial charge in [0.05, 0.1) is 6.04 Å². The first-order valence-electron chi connectivity index (χ1n) is 7.38. The first-order valence-corrected chi connectivity index (χ1v) is 7.38. The number of rotatable bonds is 2. The molecular weight excluding hydrogens is 272 g/mol. The lowest BCUT2D eigenvalue weighted by molar-refractivity contribution is -0.125. The lowest BCUT2D eigenvalue weighted by Gasteiger charge is -2.27. The lowest BCUT2D eigenvalue weighted by Crippen LogP contribution is -2.35. The van der Waals surface area contributed by atoms with Crippen LogP contribution in [0.4, 0.5) is 0 Å². The summed E-state index contributed by atoms with van der Waals surface area (Å²) in [6.07, 6.45) is 6.13. The van der Waals surface area contributed by atoms with Crippen molar-refractivity contribution in [2.45, 2.75) is 50.6 Å². The number of aryl methyl sites for hydroxylation is 1. The Bertz CT molecular complexity index is 477. The maximum absolute atomic E-state index is 12.3. The summed E-state index contributed by atoms with van der Waals surface area (Å²) in [5.74, 6) is 0.332. The molecule has 2 aliphatic carbocycles. The van der Waals surface area contributed by atoms with Gasteiger partial charge in [-0.15, -0.1) is 12.4 Å². The largest absolute Gasteiger partial charge is 0.349 e. The molecule has 0 radical (unpaired) electrons. The Kier molecular flexibility index (Phi) is 5.06. The standard InChI is InChI=1S/C16H22N2O.ClH/c17-13-9-8-12(10-13)16(19)18-15-7-3-5-11-4-1-2-6-14(11)15;/h1-2,4,6,12-13,15H,3,5,7-10,17H2,(H,18,19);1H. The topological polar surface area (TPSA) is 55.1 Å². The number of halogens is 1. The number of fused-ring (bicyclic) bond motifs is 1. The van der Waals surface area contributed by atoms with Gasteiger partial charge in [-0.3, -0.25) is 4.79 Å². The summed E-state index contributed by atoms with van der Waals surface area (Å²) in [6.45, 7) is 0. The maximum atomic E-state index is 12.3. The van der Waals surface area contributed by atoms with E-state index in [0.29, 0.717) is 0 Å². The van der Waals surface area contributed by atoms with E-state index in [1.165, 1.54) is 11.1 Å². The third-order valence-electron chi connectivity index (χ3n) is 4.53. The zero-order chi connectivity index (χ0) is 13.2. The average Bonchev–Trinajstić information content (AvgIpc) is 2.86. The quantitative estimate of drug-likeness (QED) is 0.881. The highest BCUT2D eigenvalue weighted by atomic mass is 35.5. The number of amides is 1. The predicted octanol–water partition coefficient (Wildman–Crippen LogP) is 2.73. The second kappa shape index (κ2) is 6.59. The lowest BCUT2D eigenvalue weighted by atomic mass is 9.87. The van der Waals surface area contributed by atoms with Gasteiger partial charge in [-0.1, -0.05) is 24.3 Å². The van der Waals surface area contributed by atoms with E-state index in [1.54, 1.807) is 0 Å². The second-order valence-electron chi connectivity index (χ2n) is 5.92. The van der Waals surface area contributed by atoms with Gasteiger partial charge in [0.2, 0.25) is 5.91 Å². The normalized spacial score (nSPS) is 28.4. The van der Waals surface area contributed by atoms with Gasteiger partial charge in [-0.25, -0.2) is 0 Å². The predicted molar refractivity (Wildman–Crippen MR) is 82.8 cm³/mol. The van der Waals surface area contributed by atoms with Crippen molar-refractivity contribution in [2.75, 3.05) is 0 Å². The SMILES string of the molecule is Cl.NC1CCC(C(=O)NC2CCCc3ccccc32)C1. The highest BCUT2D eigenvalue weighted by molar-refractivity contribution is 5.85. The fourth-order valence-electron chi connectivity index (χ4n) is 3.45. The molecule has 1 saturated carbocycles. The van der Waals surface area contributed by atoms with E-state index in [-0.39, 0.29) is 36.3 Å². The molecular formula is C16H23ClN2O. The minimum absolute atomic E-state index is 0. The molecule has 1 amide bonds. The monoisotopic (exact) mass is 294 g/mol. The summed E-state index contributed by atoms with van der Waals surface area (Å²) in [5, 5.41) is 3.24. The minimum atomic E-state index is 0. The van der Waals surface area contributed by atoms with Gasteiger partial charge in [0.25, 0.3) is 0 Å². The van der Waals surface area contributed by atoms with E-state index in [4.69, 9.17) is 5.73 Å². The molecule has 0 aliphatic heterocycles. The number of carbonyl (C=O) groups excluding carboxylic acids is 1. The third kappa shape index (κ3) is 3.15. The van der Waals surface area contributed by atoms with Crippen molar-refractivity contribution >= 4 is 18.3 Å². The fourth-order valence-corrected chi connectivity index (χ4v) is 3.45. The van der Waals surface area contributed by atoms with Crippen molar-refractivity contribution in [1.29, 1.82) is 0 Å². The zero-order valence-electron chi connectivity index (χ0n) is 11.7. The van der Waals surface area contributed by atoms with Crippen LogP contribution in [0.2, 0.25) is 0 Å². The highest BCUT2D eigenvalue weighted by Gasteiger charge is 2.30. The molecule has 1 fully saturated rings. The van der Waals surface area contributed by atoms with Crippen LogP contribution in [0.25, 0.3) is 0 Å². The Hall–Kier alpha value is -1.06. The van der Waals surface area contributed by atoms with Gasteiger partial charge in [-0.05, 0) is 49.7 Å². The van der Waals surface area contributed by atoms with Crippen LogP contribution in [0.5, 0.6) is 0 Å². The molecule has 0 saturated heterocycles. The molecule has 0 heterocycles. The first kappa shape index (κ1) is 15.3.